The Bertz CT molecular complexity index is 550. The zero-order valence-corrected chi connectivity index (χ0v) is 16.0. The van der Waals surface area contributed by atoms with Crippen LogP contribution in [0, 0.1) is 35.0 Å². The summed E-state index contributed by atoms with van der Waals surface area (Å²) in [5.74, 6) is 0.894. The van der Waals surface area contributed by atoms with Crippen molar-refractivity contribution in [1.82, 2.24) is 0 Å². The largest absolute Gasteiger partial charge is 0.481 e. The van der Waals surface area contributed by atoms with Crippen molar-refractivity contribution in [3.05, 3.63) is 12.2 Å². The van der Waals surface area contributed by atoms with E-state index in [0.717, 1.165) is 30.6 Å². The van der Waals surface area contributed by atoms with E-state index in [0.29, 0.717) is 5.41 Å². The summed E-state index contributed by atoms with van der Waals surface area (Å²) in [4.78, 5) is 11.0. The molecule has 5 atom stereocenters. The first-order valence-corrected chi connectivity index (χ1v) is 10.8. The lowest BCUT2D eigenvalue weighted by molar-refractivity contribution is -0.139. The number of hydrogen-bond donors (Lipinski definition) is 4. The van der Waals surface area contributed by atoms with Gasteiger partial charge in [0.2, 0.25) is 0 Å². The molecule has 27 heavy (non-hydrogen) atoms. The van der Waals surface area contributed by atoms with Gasteiger partial charge in [0.1, 0.15) is 0 Å². The highest BCUT2D eigenvalue weighted by Gasteiger charge is 2.50. The number of carboxylic acid groups (broad SMARTS) is 1. The van der Waals surface area contributed by atoms with Crippen LogP contribution in [0.4, 0.5) is 0 Å². The second-order valence-corrected chi connectivity index (χ2v) is 10.1. The lowest BCUT2D eigenvalue weighted by Crippen LogP contribution is -2.46. The van der Waals surface area contributed by atoms with Gasteiger partial charge in [0.05, 0.1) is 24.7 Å². The normalized spacial score (nSPS) is 47.0. The molecule has 0 saturated heterocycles. The number of carbonyl (C=O) groups is 1. The summed E-state index contributed by atoms with van der Waals surface area (Å²) < 4.78 is 0. The fourth-order valence-electron chi connectivity index (χ4n) is 7.27. The number of carboxylic acids is 1. The standard InChI is InChI=1S/C22H34O5/c23-16(1-2-17-18(8-21(26)27)20(25)9-19(17)24)3-4-22-10-13-5-14(11-22)7-15(6-13)12-22/h1-2,13-20,23-25H,3-12H2,(H,26,27). The minimum absolute atomic E-state index is 0.156. The molecule has 0 aromatic heterocycles. The Kier molecular flexibility index (Phi) is 5.38. The average molecular weight is 379 g/mol. The van der Waals surface area contributed by atoms with Crippen LogP contribution >= 0.6 is 0 Å². The van der Waals surface area contributed by atoms with Crippen LogP contribution in [0.25, 0.3) is 0 Å². The Hall–Kier alpha value is -0.910. The van der Waals surface area contributed by atoms with Gasteiger partial charge in [0, 0.05) is 18.3 Å². The first-order chi connectivity index (χ1) is 12.8. The molecule has 4 bridgehead atoms. The van der Waals surface area contributed by atoms with Crippen LogP contribution in [0.15, 0.2) is 12.2 Å². The van der Waals surface area contributed by atoms with Crippen LogP contribution in [0.5, 0.6) is 0 Å². The zero-order valence-electron chi connectivity index (χ0n) is 16.0. The zero-order chi connectivity index (χ0) is 19.2. The van der Waals surface area contributed by atoms with Crippen molar-refractivity contribution in [2.75, 3.05) is 0 Å². The molecule has 0 aliphatic heterocycles. The van der Waals surface area contributed by atoms with Crippen LogP contribution in [0.1, 0.15) is 64.2 Å². The van der Waals surface area contributed by atoms with Crippen LogP contribution in [-0.2, 0) is 4.79 Å². The van der Waals surface area contributed by atoms with E-state index in [1.165, 1.54) is 38.5 Å². The van der Waals surface area contributed by atoms with E-state index in [1.54, 1.807) is 12.2 Å². The van der Waals surface area contributed by atoms with Gasteiger partial charge in [-0.2, -0.15) is 0 Å². The lowest BCUT2D eigenvalue weighted by Gasteiger charge is -2.57. The average Bonchev–Trinajstić information content (AvgIpc) is 2.83. The highest BCUT2D eigenvalue weighted by molar-refractivity contribution is 5.67. The van der Waals surface area contributed by atoms with E-state index < -0.39 is 36.1 Å². The third kappa shape index (κ3) is 4.10. The van der Waals surface area contributed by atoms with Gasteiger partial charge in [-0.15, -0.1) is 0 Å². The fraction of sp³-hybridized carbons (Fsp3) is 0.864. The molecule has 0 radical (unpaired) electrons. The Morgan fingerprint density at radius 3 is 2.15 bits per heavy atom. The monoisotopic (exact) mass is 378 g/mol. The van der Waals surface area contributed by atoms with E-state index >= 15 is 0 Å². The Morgan fingerprint density at radius 2 is 1.59 bits per heavy atom. The lowest BCUT2D eigenvalue weighted by atomic mass is 9.48. The van der Waals surface area contributed by atoms with Gasteiger partial charge < -0.3 is 20.4 Å². The summed E-state index contributed by atoms with van der Waals surface area (Å²) >= 11 is 0. The van der Waals surface area contributed by atoms with Crippen molar-refractivity contribution in [2.45, 2.75) is 82.5 Å². The van der Waals surface area contributed by atoms with Crippen molar-refractivity contribution in [2.24, 2.45) is 35.0 Å². The topological polar surface area (TPSA) is 98.0 Å². The minimum Gasteiger partial charge on any atom is -0.481 e. The second-order valence-electron chi connectivity index (χ2n) is 10.1. The van der Waals surface area contributed by atoms with Crippen LogP contribution < -0.4 is 0 Å². The van der Waals surface area contributed by atoms with Gasteiger partial charge in [0.25, 0.3) is 0 Å². The molecule has 5 fully saturated rings. The molecule has 5 aliphatic carbocycles. The van der Waals surface area contributed by atoms with Crippen molar-refractivity contribution in [3.8, 4) is 0 Å². The van der Waals surface area contributed by atoms with Gasteiger partial charge in [-0.1, -0.05) is 12.2 Å². The van der Waals surface area contributed by atoms with Crippen LogP contribution in [0.2, 0.25) is 0 Å². The number of aliphatic carboxylic acids is 1. The second kappa shape index (κ2) is 7.49. The van der Waals surface area contributed by atoms with Gasteiger partial charge in [-0.25, -0.2) is 0 Å². The summed E-state index contributed by atoms with van der Waals surface area (Å²) in [7, 11) is 0. The maximum Gasteiger partial charge on any atom is 0.303 e. The molecule has 0 aromatic rings. The molecule has 0 aromatic carbocycles. The van der Waals surface area contributed by atoms with Gasteiger partial charge in [-0.05, 0) is 74.5 Å². The molecule has 5 saturated carbocycles. The molecule has 5 heteroatoms. The predicted octanol–water partition coefficient (Wildman–Crippen LogP) is 2.73. The van der Waals surface area contributed by atoms with Crippen LogP contribution in [0.3, 0.4) is 0 Å². The molecular formula is C22H34O5. The molecule has 5 aliphatic rings. The number of hydrogen-bond acceptors (Lipinski definition) is 4. The van der Waals surface area contributed by atoms with E-state index in [9.17, 15) is 20.1 Å². The van der Waals surface area contributed by atoms with Gasteiger partial charge in [0.15, 0.2) is 0 Å². The first-order valence-electron chi connectivity index (χ1n) is 10.8. The maximum atomic E-state index is 11.0. The maximum absolute atomic E-state index is 11.0. The minimum atomic E-state index is -0.964. The third-order valence-corrected chi connectivity index (χ3v) is 8.02. The molecule has 4 N–H and O–H groups in total. The highest BCUT2D eigenvalue weighted by Crippen LogP contribution is 2.61. The predicted molar refractivity (Wildman–Crippen MR) is 101 cm³/mol. The number of rotatable bonds is 7. The summed E-state index contributed by atoms with van der Waals surface area (Å²) in [6.07, 6.45) is 11.5. The summed E-state index contributed by atoms with van der Waals surface area (Å²) in [5.41, 5.74) is 0.443. The molecular weight excluding hydrogens is 344 g/mol. The smallest absolute Gasteiger partial charge is 0.303 e. The summed E-state index contributed by atoms with van der Waals surface area (Å²) in [6.45, 7) is 0. The Balaban J connectivity index is 1.32. The van der Waals surface area contributed by atoms with Crippen molar-refractivity contribution >= 4 is 5.97 Å². The Morgan fingerprint density at radius 1 is 1.00 bits per heavy atom. The van der Waals surface area contributed by atoms with Gasteiger partial charge >= 0.3 is 5.97 Å². The van der Waals surface area contributed by atoms with Crippen molar-refractivity contribution < 1.29 is 25.2 Å². The summed E-state index contributed by atoms with van der Waals surface area (Å²) in [5, 5.41) is 39.7. The van der Waals surface area contributed by atoms with Crippen molar-refractivity contribution in [3.63, 3.8) is 0 Å². The quantitative estimate of drug-likeness (QED) is 0.511. The van der Waals surface area contributed by atoms with E-state index in [2.05, 4.69) is 0 Å². The molecule has 5 nitrogen and oxygen atoms in total. The Labute approximate surface area is 161 Å². The number of aliphatic hydroxyl groups is 3. The van der Waals surface area contributed by atoms with E-state index in [-0.39, 0.29) is 12.8 Å². The van der Waals surface area contributed by atoms with Gasteiger partial charge in [-0.3, -0.25) is 4.79 Å². The molecule has 152 valence electrons. The van der Waals surface area contributed by atoms with Crippen LogP contribution in [-0.4, -0.2) is 44.7 Å². The fourth-order valence-corrected chi connectivity index (χ4v) is 7.27. The molecule has 0 amide bonds. The molecule has 5 unspecified atom stereocenters. The SMILES string of the molecule is O=C(O)CC1C(O)CC(O)C1C=CC(O)CCC12CC3CC(CC(C3)C1)C2. The van der Waals surface area contributed by atoms with E-state index in [4.69, 9.17) is 5.11 Å². The van der Waals surface area contributed by atoms with E-state index in [1.807, 2.05) is 0 Å². The highest BCUT2D eigenvalue weighted by atomic mass is 16.4. The third-order valence-electron chi connectivity index (χ3n) is 8.02. The summed E-state index contributed by atoms with van der Waals surface area (Å²) in [6, 6.07) is 0. The molecule has 0 heterocycles. The first kappa shape index (κ1) is 19.4. The van der Waals surface area contributed by atoms with Crippen molar-refractivity contribution in [1.29, 1.82) is 0 Å². The molecule has 5 rings (SSSR count). The molecule has 0 spiro atoms. The number of aliphatic hydroxyl groups excluding tert-OH is 3.